The van der Waals surface area contributed by atoms with E-state index in [1.165, 1.54) is 12.1 Å². The molecule has 0 saturated carbocycles. The summed E-state index contributed by atoms with van der Waals surface area (Å²) in [5.74, 6) is -0.485. The highest BCUT2D eigenvalue weighted by Crippen LogP contribution is 2.29. The second-order valence-corrected chi connectivity index (χ2v) is 6.88. The van der Waals surface area contributed by atoms with Crippen molar-refractivity contribution in [3.8, 4) is 11.1 Å². The molecule has 3 aromatic carbocycles. The predicted molar refractivity (Wildman–Crippen MR) is 106 cm³/mol. The van der Waals surface area contributed by atoms with Gasteiger partial charge < -0.3 is 4.90 Å². The maximum absolute atomic E-state index is 13.4. The highest BCUT2D eigenvalue weighted by Gasteiger charge is 2.30. The number of benzene rings is 3. The van der Waals surface area contributed by atoms with Crippen molar-refractivity contribution < 1.29 is 9.18 Å². The number of hydrogen-bond donors (Lipinski definition) is 0. The van der Waals surface area contributed by atoms with Gasteiger partial charge in [0.2, 0.25) is 0 Å². The number of rotatable bonds is 4. The molecule has 0 aromatic heterocycles. The Morgan fingerprint density at radius 1 is 0.926 bits per heavy atom. The van der Waals surface area contributed by atoms with Crippen LogP contribution in [0.3, 0.4) is 0 Å². The maximum Gasteiger partial charge on any atom is 0.324 e. The zero-order valence-electron chi connectivity index (χ0n) is 14.6. The first-order valence-corrected chi connectivity index (χ1v) is 9.16. The maximum atomic E-state index is 13.4. The van der Waals surface area contributed by atoms with Crippen molar-refractivity contribution in [2.24, 2.45) is 0 Å². The summed E-state index contributed by atoms with van der Waals surface area (Å²) in [6, 6.07) is 22.5. The molecule has 5 heteroatoms. The molecule has 2 amide bonds. The van der Waals surface area contributed by atoms with Gasteiger partial charge in [-0.15, -0.1) is 0 Å². The van der Waals surface area contributed by atoms with Gasteiger partial charge in [-0.05, 0) is 34.9 Å². The standard InChI is InChI=1S/C22H18ClFN2O/c23-20-14-18(10-11-21(20)24)26-13-12-25(22(26)27)15-17-8-4-5-9-19(17)16-6-2-1-3-7-16/h1-11,14H,12-13,15H2. The van der Waals surface area contributed by atoms with Crippen molar-refractivity contribution in [3.05, 3.63) is 89.2 Å². The highest BCUT2D eigenvalue weighted by atomic mass is 35.5. The van der Waals surface area contributed by atoms with Crippen molar-refractivity contribution in [2.75, 3.05) is 18.0 Å². The Morgan fingerprint density at radius 2 is 1.67 bits per heavy atom. The molecule has 3 aromatic rings. The zero-order chi connectivity index (χ0) is 18.8. The molecule has 1 heterocycles. The van der Waals surface area contributed by atoms with Crippen LogP contribution in [0.1, 0.15) is 5.56 Å². The first-order chi connectivity index (χ1) is 13.1. The van der Waals surface area contributed by atoms with Gasteiger partial charge in [0.25, 0.3) is 0 Å². The van der Waals surface area contributed by atoms with E-state index in [1.54, 1.807) is 15.9 Å². The zero-order valence-corrected chi connectivity index (χ0v) is 15.4. The van der Waals surface area contributed by atoms with E-state index < -0.39 is 5.82 Å². The van der Waals surface area contributed by atoms with Gasteiger partial charge in [-0.2, -0.15) is 0 Å². The molecule has 0 bridgehead atoms. The molecule has 1 aliphatic heterocycles. The van der Waals surface area contributed by atoms with E-state index >= 15 is 0 Å². The number of carbonyl (C=O) groups excluding carboxylic acids is 1. The average molecular weight is 381 g/mol. The molecule has 0 unspecified atom stereocenters. The van der Waals surface area contributed by atoms with E-state index in [0.29, 0.717) is 25.3 Å². The minimum absolute atomic E-state index is 0.0215. The summed E-state index contributed by atoms with van der Waals surface area (Å²) in [5, 5.41) is 0.0215. The van der Waals surface area contributed by atoms with Gasteiger partial charge in [-0.1, -0.05) is 66.2 Å². The second kappa shape index (κ2) is 7.41. The minimum atomic E-state index is -0.485. The van der Waals surface area contributed by atoms with E-state index in [-0.39, 0.29) is 11.1 Å². The molecule has 4 rings (SSSR count). The van der Waals surface area contributed by atoms with Gasteiger partial charge in [0, 0.05) is 25.3 Å². The molecule has 27 heavy (non-hydrogen) atoms. The van der Waals surface area contributed by atoms with Gasteiger partial charge in [-0.3, -0.25) is 4.90 Å². The fraction of sp³-hybridized carbons (Fsp3) is 0.136. The summed E-state index contributed by atoms with van der Waals surface area (Å²) in [6.07, 6.45) is 0. The van der Waals surface area contributed by atoms with Gasteiger partial charge in [0.15, 0.2) is 0 Å². The normalized spacial score (nSPS) is 14.1. The number of carbonyl (C=O) groups is 1. The smallest absolute Gasteiger partial charge is 0.318 e. The molecule has 0 N–H and O–H groups in total. The predicted octanol–water partition coefficient (Wildman–Crippen LogP) is 5.59. The molecule has 1 aliphatic rings. The second-order valence-electron chi connectivity index (χ2n) is 6.48. The van der Waals surface area contributed by atoms with E-state index in [4.69, 9.17) is 11.6 Å². The fourth-order valence-electron chi connectivity index (χ4n) is 3.39. The largest absolute Gasteiger partial charge is 0.324 e. The Balaban J connectivity index is 1.56. The van der Waals surface area contributed by atoms with Crippen LogP contribution in [0.2, 0.25) is 5.02 Å². The van der Waals surface area contributed by atoms with Crippen LogP contribution in [0.25, 0.3) is 11.1 Å². The van der Waals surface area contributed by atoms with Crippen LogP contribution in [-0.2, 0) is 6.54 Å². The lowest BCUT2D eigenvalue weighted by atomic mass is 9.99. The topological polar surface area (TPSA) is 23.6 Å². The summed E-state index contributed by atoms with van der Waals surface area (Å²) in [5.41, 5.74) is 3.96. The van der Waals surface area contributed by atoms with E-state index in [2.05, 4.69) is 18.2 Å². The van der Waals surface area contributed by atoms with E-state index in [9.17, 15) is 9.18 Å². The summed E-state index contributed by atoms with van der Waals surface area (Å²) in [6.45, 7) is 1.68. The lowest BCUT2D eigenvalue weighted by Crippen LogP contribution is -2.31. The third kappa shape index (κ3) is 3.53. The Bertz CT molecular complexity index is 977. The van der Waals surface area contributed by atoms with Crippen LogP contribution >= 0.6 is 11.6 Å². The molecule has 0 spiro atoms. The Labute approximate surface area is 162 Å². The molecule has 0 atom stereocenters. The lowest BCUT2D eigenvalue weighted by Gasteiger charge is -2.20. The summed E-state index contributed by atoms with van der Waals surface area (Å²) >= 11 is 5.87. The van der Waals surface area contributed by atoms with E-state index in [0.717, 1.165) is 16.7 Å². The Kier molecular flexibility index (Phi) is 4.82. The van der Waals surface area contributed by atoms with Crippen LogP contribution in [0, 0.1) is 5.82 Å². The third-order valence-corrected chi connectivity index (χ3v) is 5.06. The number of amides is 2. The van der Waals surface area contributed by atoms with Crippen molar-refractivity contribution in [2.45, 2.75) is 6.54 Å². The highest BCUT2D eigenvalue weighted by molar-refractivity contribution is 6.31. The number of hydrogen-bond acceptors (Lipinski definition) is 1. The summed E-state index contributed by atoms with van der Waals surface area (Å²) < 4.78 is 13.4. The summed E-state index contributed by atoms with van der Waals surface area (Å²) in [7, 11) is 0. The van der Waals surface area contributed by atoms with Crippen molar-refractivity contribution in [1.29, 1.82) is 0 Å². The molecular weight excluding hydrogens is 363 g/mol. The molecule has 0 aliphatic carbocycles. The fourth-order valence-corrected chi connectivity index (χ4v) is 3.56. The molecule has 0 radical (unpaired) electrons. The van der Waals surface area contributed by atoms with Crippen LogP contribution in [-0.4, -0.2) is 24.0 Å². The number of anilines is 1. The molecule has 3 nitrogen and oxygen atoms in total. The quantitative estimate of drug-likeness (QED) is 0.578. The molecule has 1 saturated heterocycles. The average Bonchev–Trinajstić information content (AvgIpc) is 3.05. The van der Waals surface area contributed by atoms with Gasteiger partial charge in [0.05, 0.1) is 5.02 Å². The van der Waals surface area contributed by atoms with Crippen molar-refractivity contribution in [3.63, 3.8) is 0 Å². The number of nitrogens with zero attached hydrogens (tertiary/aromatic N) is 2. The summed E-state index contributed by atoms with van der Waals surface area (Å²) in [4.78, 5) is 16.3. The van der Waals surface area contributed by atoms with Crippen LogP contribution in [0.15, 0.2) is 72.8 Å². The van der Waals surface area contributed by atoms with Gasteiger partial charge in [-0.25, -0.2) is 9.18 Å². The Morgan fingerprint density at radius 3 is 2.44 bits per heavy atom. The van der Waals surface area contributed by atoms with Crippen LogP contribution in [0.5, 0.6) is 0 Å². The van der Waals surface area contributed by atoms with Gasteiger partial charge in [0.1, 0.15) is 5.82 Å². The molecule has 1 fully saturated rings. The monoisotopic (exact) mass is 380 g/mol. The van der Waals surface area contributed by atoms with Crippen LogP contribution in [0.4, 0.5) is 14.9 Å². The SMILES string of the molecule is O=C1N(Cc2ccccc2-c2ccccc2)CCN1c1ccc(F)c(Cl)c1. The molecule has 136 valence electrons. The lowest BCUT2D eigenvalue weighted by molar-refractivity contribution is 0.219. The minimum Gasteiger partial charge on any atom is -0.318 e. The third-order valence-electron chi connectivity index (χ3n) is 4.77. The number of halogens is 2. The Hall–Kier alpha value is -2.85. The van der Waals surface area contributed by atoms with Crippen molar-refractivity contribution >= 4 is 23.3 Å². The van der Waals surface area contributed by atoms with Gasteiger partial charge >= 0.3 is 6.03 Å². The number of urea groups is 1. The molecular formula is C22H18ClFN2O. The van der Waals surface area contributed by atoms with Crippen LogP contribution < -0.4 is 4.90 Å². The first kappa shape index (κ1) is 17.6. The van der Waals surface area contributed by atoms with E-state index in [1.807, 2.05) is 36.4 Å². The first-order valence-electron chi connectivity index (χ1n) is 8.78. The van der Waals surface area contributed by atoms with Crippen molar-refractivity contribution in [1.82, 2.24) is 4.90 Å².